The molecule has 4 nitrogen and oxygen atoms in total. The third kappa shape index (κ3) is 3.94. The van der Waals surface area contributed by atoms with Crippen molar-refractivity contribution in [2.24, 2.45) is 0 Å². The first-order valence-electron chi connectivity index (χ1n) is 5.14. The van der Waals surface area contributed by atoms with Crippen LogP contribution in [0, 0.1) is 0 Å². The van der Waals surface area contributed by atoms with Gasteiger partial charge in [0.2, 0.25) is 14.2 Å². The Balaban J connectivity index is 3.02. The molecule has 0 unspecified atom stereocenters. The van der Waals surface area contributed by atoms with Crippen LogP contribution in [0.1, 0.15) is 6.92 Å². The SMILES string of the molecule is CC(=O)Nc1cc(N)ccc1O[Si](C)(C)C. The van der Waals surface area contributed by atoms with Crippen molar-refractivity contribution in [3.63, 3.8) is 0 Å². The van der Waals surface area contributed by atoms with Crippen molar-refractivity contribution in [2.75, 3.05) is 11.1 Å². The van der Waals surface area contributed by atoms with E-state index >= 15 is 0 Å². The molecule has 1 aromatic carbocycles. The van der Waals surface area contributed by atoms with Gasteiger partial charge in [-0.2, -0.15) is 0 Å². The average Bonchev–Trinajstić information content (AvgIpc) is 2.06. The molecule has 0 aliphatic carbocycles. The standard InChI is InChI=1S/C11H18N2O2Si/c1-8(14)13-10-7-9(12)5-6-11(10)15-16(2,3)4/h5-7H,12H2,1-4H3,(H,13,14). The van der Waals surface area contributed by atoms with E-state index in [2.05, 4.69) is 25.0 Å². The van der Waals surface area contributed by atoms with Crippen LogP contribution in [-0.4, -0.2) is 14.2 Å². The number of rotatable bonds is 3. The molecular weight excluding hydrogens is 220 g/mol. The molecule has 88 valence electrons. The average molecular weight is 238 g/mol. The second kappa shape index (κ2) is 4.57. The van der Waals surface area contributed by atoms with Gasteiger partial charge in [-0.15, -0.1) is 0 Å². The molecule has 16 heavy (non-hydrogen) atoms. The van der Waals surface area contributed by atoms with Crippen LogP contribution in [-0.2, 0) is 4.79 Å². The summed E-state index contributed by atoms with van der Waals surface area (Å²) < 4.78 is 5.86. The van der Waals surface area contributed by atoms with Gasteiger partial charge in [0, 0.05) is 12.6 Å². The van der Waals surface area contributed by atoms with Crippen LogP contribution in [0.25, 0.3) is 0 Å². The highest BCUT2D eigenvalue weighted by Gasteiger charge is 2.18. The topological polar surface area (TPSA) is 64.4 Å². The van der Waals surface area contributed by atoms with Crippen LogP contribution < -0.4 is 15.5 Å². The highest BCUT2D eigenvalue weighted by Crippen LogP contribution is 2.29. The summed E-state index contributed by atoms with van der Waals surface area (Å²) in [6, 6.07) is 5.26. The summed E-state index contributed by atoms with van der Waals surface area (Å²) in [5, 5.41) is 2.72. The smallest absolute Gasteiger partial charge is 0.242 e. The van der Waals surface area contributed by atoms with Gasteiger partial charge in [-0.3, -0.25) is 4.79 Å². The van der Waals surface area contributed by atoms with E-state index < -0.39 is 8.32 Å². The van der Waals surface area contributed by atoms with E-state index in [-0.39, 0.29) is 5.91 Å². The van der Waals surface area contributed by atoms with Gasteiger partial charge in [0.25, 0.3) is 0 Å². The number of anilines is 2. The van der Waals surface area contributed by atoms with Crippen LogP contribution in [0.15, 0.2) is 18.2 Å². The fraction of sp³-hybridized carbons (Fsp3) is 0.364. The largest absolute Gasteiger partial charge is 0.543 e. The van der Waals surface area contributed by atoms with Gasteiger partial charge < -0.3 is 15.5 Å². The van der Waals surface area contributed by atoms with Gasteiger partial charge in [0.15, 0.2) is 0 Å². The highest BCUT2D eigenvalue weighted by atomic mass is 28.4. The predicted molar refractivity (Wildman–Crippen MR) is 69.1 cm³/mol. The number of nitrogen functional groups attached to an aromatic ring is 1. The molecule has 0 bridgehead atoms. The van der Waals surface area contributed by atoms with Crippen molar-refractivity contribution in [2.45, 2.75) is 26.6 Å². The van der Waals surface area contributed by atoms with E-state index in [1.807, 2.05) is 0 Å². The molecule has 0 heterocycles. The fourth-order valence-electron chi connectivity index (χ4n) is 1.25. The van der Waals surface area contributed by atoms with Crippen LogP contribution in [0.2, 0.25) is 19.6 Å². The van der Waals surface area contributed by atoms with Gasteiger partial charge in [-0.1, -0.05) is 0 Å². The summed E-state index contributed by atoms with van der Waals surface area (Å²) in [6.45, 7) is 7.71. The van der Waals surface area contributed by atoms with E-state index in [1.54, 1.807) is 18.2 Å². The number of carbonyl (C=O) groups is 1. The number of nitrogens with two attached hydrogens (primary N) is 1. The Kier molecular flexibility index (Phi) is 3.59. The molecule has 5 heteroatoms. The molecular formula is C11H18N2O2Si. The van der Waals surface area contributed by atoms with Crippen molar-refractivity contribution in [3.8, 4) is 5.75 Å². The van der Waals surface area contributed by atoms with Crippen molar-refractivity contribution in [1.29, 1.82) is 0 Å². The molecule has 3 N–H and O–H groups in total. The molecule has 0 fully saturated rings. The molecule has 0 radical (unpaired) electrons. The Morgan fingerprint density at radius 3 is 2.50 bits per heavy atom. The maximum absolute atomic E-state index is 11.0. The zero-order valence-corrected chi connectivity index (χ0v) is 11.1. The van der Waals surface area contributed by atoms with Crippen LogP contribution in [0.3, 0.4) is 0 Å². The molecule has 0 aliphatic heterocycles. The van der Waals surface area contributed by atoms with Gasteiger partial charge in [0.05, 0.1) is 5.69 Å². The molecule has 1 aromatic rings. The number of carbonyl (C=O) groups excluding carboxylic acids is 1. The second-order valence-corrected chi connectivity index (χ2v) is 9.08. The van der Waals surface area contributed by atoms with Crippen LogP contribution in [0.4, 0.5) is 11.4 Å². The third-order valence-corrected chi connectivity index (χ3v) is 2.56. The van der Waals surface area contributed by atoms with E-state index in [0.717, 1.165) is 0 Å². The first-order valence-corrected chi connectivity index (χ1v) is 8.55. The maximum Gasteiger partial charge on any atom is 0.242 e. The zero-order chi connectivity index (χ0) is 12.3. The first-order chi connectivity index (χ1) is 7.28. The zero-order valence-electron chi connectivity index (χ0n) is 10.1. The van der Waals surface area contributed by atoms with Crippen LogP contribution >= 0.6 is 0 Å². The monoisotopic (exact) mass is 238 g/mol. The maximum atomic E-state index is 11.0. The number of hydrogen-bond donors (Lipinski definition) is 2. The van der Waals surface area contributed by atoms with Crippen LogP contribution in [0.5, 0.6) is 5.75 Å². The van der Waals surface area contributed by atoms with E-state index in [1.165, 1.54) is 6.92 Å². The van der Waals surface area contributed by atoms with Crippen molar-refractivity contribution < 1.29 is 9.22 Å². The number of amides is 1. The summed E-state index contributed by atoms with van der Waals surface area (Å²) in [5.41, 5.74) is 6.91. The summed E-state index contributed by atoms with van der Waals surface area (Å²) in [7, 11) is -1.69. The third-order valence-electron chi connectivity index (χ3n) is 1.73. The molecule has 0 aromatic heterocycles. The van der Waals surface area contributed by atoms with E-state index in [9.17, 15) is 4.79 Å². The lowest BCUT2D eigenvalue weighted by Crippen LogP contribution is -2.29. The van der Waals surface area contributed by atoms with E-state index in [4.69, 9.17) is 10.2 Å². The normalized spacial score (nSPS) is 11.0. The molecule has 0 spiro atoms. The second-order valence-electron chi connectivity index (χ2n) is 4.65. The summed E-state index contributed by atoms with van der Waals surface area (Å²) in [5.74, 6) is 0.551. The van der Waals surface area contributed by atoms with Gasteiger partial charge in [-0.25, -0.2) is 0 Å². The molecule has 1 amide bonds. The first kappa shape index (κ1) is 12.6. The Morgan fingerprint density at radius 1 is 1.38 bits per heavy atom. The fourth-order valence-corrected chi connectivity index (χ4v) is 2.09. The van der Waals surface area contributed by atoms with E-state index in [0.29, 0.717) is 17.1 Å². The Bertz CT molecular complexity index is 399. The lowest BCUT2D eigenvalue weighted by molar-refractivity contribution is -0.114. The highest BCUT2D eigenvalue weighted by molar-refractivity contribution is 6.70. The number of hydrogen-bond acceptors (Lipinski definition) is 3. The quantitative estimate of drug-likeness (QED) is 0.628. The van der Waals surface area contributed by atoms with Gasteiger partial charge in [-0.05, 0) is 37.8 Å². The van der Waals surface area contributed by atoms with Crippen molar-refractivity contribution >= 4 is 25.6 Å². The Labute approximate surface area is 96.9 Å². The van der Waals surface area contributed by atoms with Crippen molar-refractivity contribution in [1.82, 2.24) is 0 Å². The Morgan fingerprint density at radius 2 is 2.00 bits per heavy atom. The molecule has 0 aliphatic rings. The lowest BCUT2D eigenvalue weighted by Gasteiger charge is -2.21. The lowest BCUT2D eigenvalue weighted by atomic mass is 10.2. The molecule has 1 rings (SSSR count). The predicted octanol–water partition coefficient (Wildman–Crippen LogP) is 2.44. The minimum absolute atomic E-state index is 0.133. The Hall–Kier alpha value is -1.49. The minimum atomic E-state index is -1.69. The van der Waals surface area contributed by atoms with Crippen molar-refractivity contribution in [3.05, 3.63) is 18.2 Å². The molecule has 0 saturated heterocycles. The summed E-state index contributed by atoms with van der Waals surface area (Å²) in [6.07, 6.45) is 0. The minimum Gasteiger partial charge on any atom is -0.543 e. The van der Waals surface area contributed by atoms with Gasteiger partial charge >= 0.3 is 0 Å². The summed E-state index contributed by atoms with van der Waals surface area (Å²) in [4.78, 5) is 11.0. The molecule has 0 atom stereocenters. The molecule has 0 saturated carbocycles. The number of nitrogens with one attached hydrogen (secondary N) is 1. The van der Waals surface area contributed by atoms with Gasteiger partial charge in [0.1, 0.15) is 5.75 Å². The number of benzene rings is 1. The summed E-state index contributed by atoms with van der Waals surface area (Å²) >= 11 is 0.